The first-order chi connectivity index (χ1) is 21.8. The zero-order valence-electron chi connectivity index (χ0n) is 26.7. The first-order valence-electron chi connectivity index (χ1n) is 15.3. The van der Waals surface area contributed by atoms with Gasteiger partial charge in [0, 0.05) is 12.5 Å². The molecule has 2 aliphatic heterocycles. The van der Waals surface area contributed by atoms with Crippen LogP contribution in [0.4, 0.5) is 0 Å². The topological polar surface area (TPSA) is 238 Å². The zero-order chi connectivity index (χ0) is 35.5. The van der Waals surface area contributed by atoms with E-state index in [2.05, 4.69) is 6.58 Å². The Bertz CT molecular complexity index is 1370. The molecule has 14 nitrogen and oxygen atoms in total. The number of rotatable bonds is 16. The SMILES string of the molecule is C=C(CCC12OC(C(=O)O)C(O)(C(=O)O)C(C(=O)O)(O1)C(OC(=O)C=CC(C)(O)CC(C)CC)C2O)C(O)C(C)Cc1ccccc1. The summed E-state index contributed by atoms with van der Waals surface area (Å²) >= 11 is 0. The van der Waals surface area contributed by atoms with Crippen LogP contribution < -0.4 is 0 Å². The molecule has 2 aliphatic rings. The molecule has 0 radical (unpaired) electrons. The zero-order valence-corrected chi connectivity index (χ0v) is 26.7. The van der Waals surface area contributed by atoms with Crippen LogP contribution in [-0.2, 0) is 39.8 Å². The molecule has 0 spiro atoms. The Morgan fingerprint density at radius 1 is 1.11 bits per heavy atom. The Hall–Kier alpha value is -3.66. The van der Waals surface area contributed by atoms with Gasteiger partial charge in [0.05, 0.1) is 11.7 Å². The predicted molar refractivity (Wildman–Crippen MR) is 163 cm³/mol. The van der Waals surface area contributed by atoms with Crippen molar-refractivity contribution >= 4 is 23.9 Å². The first kappa shape index (κ1) is 37.8. The van der Waals surface area contributed by atoms with Gasteiger partial charge in [0.2, 0.25) is 23.1 Å². The Balaban J connectivity index is 1.98. The van der Waals surface area contributed by atoms with Crippen LogP contribution in [0, 0.1) is 11.8 Å². The third kappa shape index (κ3) is 7.27. The molecule has 2 saturated heterocycles. The van der Waals surface area contributed by atoms with Crippen molar-refractivity contribution in [2.75, 3.05) is 0 Å². The summed E-state index contributed by atoms with van der Waals surface area (Å²) in [7, 11) is 0. The summed E-state index contributed by atoms with van der Waals surface area (Å²) in [5.74, 6) is -11.1. The maximum Gasteiger partial charge on any atom is 0.344 e. The van der Waals surface area contributed by atoms with E-state index in [4.69, 9.17) is 14.2 Å². The van der Waals surface area contributed by atoms with Crippen LogP contribution in [0.5, 0.6) is 0 Å². The maximum atomic E-state index is 13.0. The third-order valence-electron chi connectivity index (χ3n) is 9.04. The van der Waals surface area contributed by atoms with Gasteiger partial charge in [0.25, 0.3) is 0 Å². The number of aliphatic hydroxyl groups is 4. The van der Waals surface area contributed by atoms with Crippen LogP contribution in [0.3, 0.4) is 0 Å². The highest BCUT2D eigenvalue weighted by Gasteiger charge is 2.85. The molecule has 0 aliphatic carbocycles. The van der Waals surface area contributed by atoms with Crippen LogP contribution in [0.1, 0.15) is 58.9 Å². The Morgan fingerprint density at radius 2 is 1.72 bits per heavy atom. The average molecular weight is 665 g/mol. The number of carboxylic acid groups (broad SMARTS) is 3. The molecule has 0 aromatic heterocycles. The fraction of sp³-hybridized carbons (Fsp3) is 0.576. The highest BCUT2D eigenvalue weighted by Crippen LogP contribution is 2.55. The van der Waals surface area contributed by atoms with Crippen molar-refractivity contribution in [1.82, 2.24) is 0 Å². The number of benzene rings is 1. The van der Waals surface area contributed by atoms with E-state index in [0.717, 1.165) is 24.1 Å². The average Bonchev–Trinajstić information content (AvgIpc) is 3.22. The first-order valence-corrected chi connectivity index (χ1v) is 15.3. The van der Waals surface area contributed by atoms with Crippen molar-refractivity contribution in [1.29, 1.82) is 0 Å². The molecule has 2 fully saturated rings. The van der Waals surface area contributed by atoms with Crippen molar-refractivity contribution in [3.05, 3.63) is 60.2 Å². The quantitative estimate of drug-likeness (QED) is 0.0752. The van der Waals surface area contributed by atoms with Crippen molar-refractivity contribution < 1.29 is 69.1 Å². The summed E-state index contributed by atoms with van der Waals surface area (Å²) < 4.78 is 16.2. The molecule has 3 rings (SSSR count). The van der Waals surface area contributed by atoms with Gasteiger partial charge >= 0.3 is 23.9 Å². The number of carbonyl (C=O) groups is 4. The third-order valence-corrected chi connectivity index (χ3v) is 9.04. The van der Waals surface area contributed by atoms with E-state index in [0.29, 0.717) is 6.42 Å². The molecule has 0 saturated carbocycles. The van der Waals surface area contributed by atoms with Crippen molar-refractivity contribution in [3.8, 4) is 0 Å². The van der Waals surface area contributed by atoms with E-state index < -0.39 is 77.3 Å². The standard InChI is InChI=1S/C33H44O14/c1-6-18(2)17-30(5,43)14-13-22(34)45-25-24(36)31(15-12-19(3)23(35)20(4)16-21-10-8-7-9-11-21)46-26(27(37)38)32(44,28(39)40)33(25,47-31)29(41)42/h7-11,13-14,18,20,23-26,35-36,43-44H,3,6,12,15-17H2,1-2,4-5H3,(H,37,38)(H,39,40)(H,41,42). The van der Waals surface area contributed by atoms with Crippen LogP contribution >= 0.6 is 0 Å². The van der Waals surface area contributed by atoms with Crippen LogP contribution in [0.2, 0.25) is 0 Å². The van der Waals surface area contributed by atoms with E-state index in [1.807, 2.05) is 44.2 Å². The molecule has 260 valence electrons. The van der Waals surface area contributed by atoms with Gasteiger partial charge < -0.3 is 50.0 Å². The normalized spacial score (nSPS) is 31.8. The van der Waals surface area contributed by atoms with Gasteiger partial charge in [-0.2, -0.15) is 0 Å². The molecule has 1 aromatic carbocycles. The van der Waals surface area contributed by atoms with Crippen LogP contribution in [0.25, 0.3) is 0 Å². The largest absolute Gasteiger partial charge is 0.479 e. The predicted octanol–water partition coefficient (Wildman–Crippen LogP) is 1.43. The minimum Gasteiger partial charge on any atom is -0.479 e. The number of fused-ring (bicyclic) bond motifs is 2. The lowest BCUT2D eigenvalue weighted by Gasteiger charge is -2.48. The maximum absolute atomic E-state index is 13.0. The molecule has 2 heterocycles. The summed E-state index contributed by atoms with van der Waals surface area (Å²) in [4.78, 5) is 50.6. The van der Waals surface area contributed by atoms with E-state index >= 15 is 0 Å². The number of hydrogen-bond acceptors (Lipinski definition) is 11. The van der Waals surface area contributed by atoms with Gasteiger partial charge in [-0.25, -0.2) is 19.2 Å². The fourth-order valence-electron chi connectivity index (χ4n) is 6.26. The number of esters is 1. The van der Waals surface area contributed by atoms with Gasteiger partial charge in [0.15, 0.2) is 6.10 Å². The summed E-state index contributed by atoms with van der Waals surface area (Å²) in [6.07, 6.45) is -6.50. The monoisotopic (exact) mass is 664 g/mol. The Morgan fingerprint density at radius 3 is 2.26 bits per heavy atom. The lowest BCUT2D eigenvalue weighted by Crippen LogP contribution is -2.78. The molecule has 47 heavy (non-hydrogen) atoms. The van der Waals surface area contributed by atoms with Gasteiger partial charge in [-0.05, 0) is 55.2 Å². The van der Waals surface area contributed by atoms with Crippen molar-refractivity contribution in [3.63, 3.8) is 0 Å². The molecule has 1 aromatic rings. The fourth-order valence-corrected chi connectivity index (χ4v) is 6.26. The van der Waals surface area contributed by atoms with Gasteiger partial charge in [-0.1, -0.05) is 64.1 Å². The lowest BCUT2D eigenvalue weighted by molar-refractivity contribution is -0.374. The second-order valence-electron chi connectivity index (χ2n) is 12.8. The lowest BCUT2D eigenvalue weighted by atomic mass is 9.74. The molecule has 10 unspecified atom stereocenters. The molecular weight excluding hydrogens is 620 g/mol. The number of carbonyl (C=O) groups excluding carboxylic acids is 1. The second-order valence-corrected chi connectivity index (χ2v) is 12.8. The minimum atomic E-state index is -3.93. The molecule has 10 atom stereocenters. The number of ether oxygens (including phenoxy) is 3. The highest BCUT2D eigenvalue weighted by molar-refractivity contribution is 5.98. The summed E-state index contributed by atoms with van der Waals surface area (Å²) in [6, 6.07) is 9.25. The highest BCUT2D eigenvalue weighted by atomic mass is 16.8. The molecule has 7 N–H and O–H groups in total. The summed E-state index contributed by atoms with van der Waals surface area (Å²) in [6.45, 7) is 10.8. The van der Waals surface area contributed by atoms with Gasteiger partial charge in [-0.3, -0.25) is 0 Å². The number of hydrogen-bond donors (Lipinski definition) is 7. The van der Waals surface area contributed by atoms with E-state index in [9.17, 15) is 54.9 Å². The smallest absolute Gasteiger partial charge is 0.344 e. The second kappa shape index (κ2) is 14.2. The Kier molecular flexibility index (Phi) is 11.4. The molecule has 0 amide bonds. The van der Waals surface area contributed by atoms with Crippen LogP contribution in [-0.4, -0.2) is 107 Å². The summed E-state index contributed by atoms with van der Waals surface area (Å²) in [5, 5.41) is 74.7. The minimum absolute atomic E-state index is 0.0513. The van der Waals surface area contributed by atoms with E-state index in [1.54, 1.807) is 6.92 Å². The number of aliphatic carboxylic acids is 3. The van der Waals surface area contributed by atoms with E-state index in [-0.39, 0.29) is 30.3 Å². The summed E-state index contributed by atoms with van der Waals surface area (Å²) in [5.41, 5.74) is -7.94. The van der Waals surface area contributed by atoms with Crippen molar-refractivity contribution in [2.24, 2.45) is 11.8 Å². The molecule has 2 bridgehead atoms. The molecular formula is C33H44O14. The number of aliphatic hydroxyl groups excluding tert-OH is 2. The van der Waals surface area contributed by atoms with Gasteiger partial charge in [-0.15, -0.1) is 0 Å². The van der Waals surface area contributed by atoms with Gasteiger partial charge in [0.1, 0.15) is 6.10 Å². The van der Waals surface area contributed by atoms with E-state index in [1.165, 1.54) is 6.92 Å². The van der Waals surface area contributed by atoms with Crippen molar-refractivity contribution in [2.45, 2.75) is 107 Å². The Labute approximate surface area is 271 Å². The number of carboxylic acids is 3. The van der Waals surface area contributed by atoms with Crippen LogP contribution in [0.15, 0.2) is 54.6 Å². The molecule has 14 heteroatoms.